The Balaban J connectivity index is 1.39. The molecule has 5 rings (SSSR count). The Morgan fingerprint density at radius 1 is 1.18 bits per heavy atom. The zero-order valence-corrected chi connectivity index (χ0v) is 18.2. The number of halogens is 3. The standard InChI is InChI=1S/C24H20F3N5O2/c1-28-23(33)17-3-2-14(11-29-17)13-4-7-31(8-5-13)12-15-10-18-22(20(27)19(15)26)32-9-6-16(25)21(32)24(34)30-18/h2-4,6,9-11H,5,7-8,12H2,1H3,(H,28,33)(H,30,34). The van der Waals surface area contributed by atoms with Gasteiger partial charge in [-0.05, 0) is 35.8 Å². The first-order valence-corrected chi connectivity index (χ1v) is 10.7. The maximum atomic E-state index is 15.0. The average Bonchev–Trinajstić information content (AvgIpc) is 3.24. The number of rotatable bonds is 4. The number of nitrogens with one attached hydrogen (secondary N) is 2. The molecule has 0 radical (unpaired) electrons. The van der Waals surface area contributed by atoms with Crippen LogP contribution in [0.25, 0.3) is 22.1 Å². The molecule has 0 saturated heterocycles. The van der Waals surface area contributed by atoms with Gasteiger partial charge >= 0.3 is 0 Å². The van der Waals surface area contributed by atoms with Crippen LogP contribution in [0.4, 0.5) is 13.2 Å². The van der Waals surface area contributed by atoms with Crippen molar-refractivity contribution in [1.29, 1.82) is 0 Å². The Hall–Kier alpha value is -3.92. The predicted octanol–water partition coefficient (Wildman–Crippen LogP) is 3.24. The summed E-state index contributed by atoms with van der Waals surface area (Å²) >= 11 is 0. The van der Waals surface area contributed by atoms with Crippen molar-refractivity contribution >= 4 is 28.0 Å². The summed E-state index contributed by atoms with van der Waals surface area (Å²) in [7, 11) is 1.54. The van der Waals surface area contributed by atoms with Gasteiger partial charge in [-0.2, -0.15) is 0 Å². The van der Waals surface area contributed by atoms with Crippen LogP contribution >= 0.6 is 0 Å². The minimum absolute atomic E-state index is 0.0949. The molecule has 1 aliphatic rings. The predicted molar refractivity (Wildman–Crippen MR) is 121 cm³/mol. The summed E-state index contributed by atoms with van der Waals surface area (Å²) in [6.07, 6.45) is 5.51. The van der Waals surface area contributed by atoms with Gasteiger partial charge in [0.15, 0.2) is 17.5 Å². The molecule has 3 aromatic heterocycles. The van der Waals surface area contributed by atoms with Crippen molar-refractivity contribution in [1.82, 2.24) is 24.6 Å². The first kappa shape index (κ1) is 21.9. The summed E-state index contributed by atoms with van der Waals surface area (Å²) in [5, 5.41) is 2.52. The molecule has 4 aromatic rings. The van der Waals surface area contributed by atoms with E-state index >= 15 is 0 Å². The van der Waals surface area contributed by atoms with Gasteiger partial charge in [0.05, 0.1) is 5.52 Å². The summed E-state index contributed by atoms with van der Waals surface area (Å²) in [6, 6.07) is 5.92. The van der Waals surface area contributed by atoms with Gasteiger partial charge in [0, 0.05) is 44.6 Å². The van der Waals surface area contributed by atoms with Crippen molar-refractivity contribution in [3.8, 4) is 0 Å². The lowest BCUT2D eigenvalue weighted by Crippen LogP contribution is -2.28. The molecule has 0 saturated carbocycles. The highest BCUT2D eigenvalue weighted by molar-refractivity contribution is 5.92. The fraction of sp³-hybridized carbons (Fsp3) is 0.208. The highest BCUT2D eigenvalue weighted by Crippen LogP contribution is 2.27. The number of hydrogen-bond donors (Lipinski definition) is 2. The number of hydrogen-bond acceptors (Lipinski definition) is 4. The highest BCUT2D eigenvalue weighted by Gasteiger charge is 2.22. The molecule has 1 amide bonds. The number of carbonyl (C=O) groups excluding carboxylic acids is 1. The van der Waals surface area contributed by atoms with E-state index in [4.69, 9.17) is 0 Å². The first-order chi connectivity index (χ1) is 16.4. The van der Waals surface area contributed by atoms with Gasteiger partial charge in [0.2, 0.25) is 0 Å². The Kier molecular flexibility index (Phi) is 5.45. The van der Waals surface area contributed by atoms with Crippen molar-refractivity contribution in [2.24, 2.45) is 0 Å². The number of H-pyrrole nitrogens is 1. The van der Waals surface area contributed by atoms with Crippen LogP contribution in [-0.2, 0) is 6.54 Å². The molecule has 2 N–H and O–H groups in total. The Labute approximate surface area is 191 Å². The zero-order chi connectivity index (χ0) is 24.0. The van der Waals surface area contributed by atoms with Crippen LogP contribution in [0.1, 0.15) is 28.0 Å². The van der Waals surface area contributed by atoms with Crippen LogP contribution in [0.3, 0.4) is 0 Å². The number of amides is 1. The van der Waals surface area contributed by atoms with Crippen LogP contribution in [0.2, 0.25) is 0 Å². The Bertz CT molecular complexity index is 1520. The fourth-order valence-corrected chi connectivity index (χ4v) is 4.31. The average molecular weight is 467 g/mol. The fourth-order valence-electron chi connectivity index (χ4n) is 4.31. The lowest BCUT2D eigenvalue weighted by Gasteiger charge is -2.26. The third kappa shape index (κ3) is 3.65. The Morgan fingerprint density at radius 2 is 2.00 bits per heavy atom. The summed E-state index contributed by atoms with van der Waals surface area (Å²) in [4.78, 5) is 32.5. The third-order valence-corrected chi connectivity index (χ3v) is 6.08. The van der Waals surface area contributed by atoms with Crippen molar-refractivity contribution in [3.05, 3.63) is 87.4 Å². The summed E-state index contributed by atoms with van der Waals surface area (Å²) in [6.45, 7) is 1.24. The lowest BCUT2D eigenvalue weighted by atomic mass is 10.00. The van der Waals surface area contributed by atoms with Gasteiger partial charge in [-0.3, -0.25) is 19.5 Å². The van der Waals surface area contributed by atoms with Gasteiger partial charge in [0.1, 0.15) is 16.7 Å². The monoisotopic (exact) mass is 467 g/mol. The first-order valence-electron chi connectivity index (χ1n) is 10.7. The van der Waals surface area contributed by atoms with Gasteiger partial charge in [-0.1, -0.05) is 12.1 Å². The maximum Gasteiger partial charge on any atom is 0.275 e. The van der Waals surface area contributed by atoms with E-state index in [0.29, 0.717) is 25.2 Å². The number of benzene rings is 1. The second-order valence-corrected chi connectivity index (χ2v) is 8.12. The van der Waals surface area contributed by atoms with E-state index in [2.05, 4.69) is 15.3 Å². The number of pyridine rings is 1. The second kappa shape index (κ2) is 8.45. The second-order valence-electron chi connectivity index (χ2n) is 8.12. The van der Waals surface area contributed by atoms with E-state index in [1.54, 1.807) is 19.3 Å². The molecule has 0 bridgehead atoms. The molecule has 174 valence electrons. The van der Waals surface area contributed by atoms with Crippen LogP contribution in [0, 0.1) is 17.5 Å². The van der Waals surface area contributed by atoms with E-state index in [9.17, 15) is 22.8 Å². The molecule has 0 atom stereocenters. The Morgan fingerprint density at radius 3 is 2.68 bits per heavy atom. The number of fused-ring (bicyclic) bond motifs is 3. The van der Waals surface area contributed by atoms with E-state index < -0.39 is 23.0 Å². The summed E-state index contributed by atoms with van der Waals surface area (Å²) in [5.74, 6) is -3.23. The minimum Gasteiger partial charge on any atom is -0.354 e. The minimum atomic E-state index is -1.14. The maximum absolute atomic E-state index is 15.0. The lowest BCUT2D eigenvalue weighted by molar-refractivity contribution is 0.0958. The largest absolute Gasteiger partial charge is 0.354 e. The van der Waals surface area contributed by atoms with E-state index in [0.717, 1.165) is 21.6 Å². The van der Waals surface area contributed by atoms with Crippen molar-refractivity contribution < 1.29 is 18.0 Å². The molecule has 1 aliphatic heterocycles. The van der Waals surface area contributed by atoms with E-state index in [1.807, 2.05) is 17.0 Å². The molecule has 34 heavy (non-hydrogen) atoms. The quantitative estimate of drug-likeness (QED) is 0.483. The van der Waals surface area contributed by atoms with Crippen molar-refractivity contribution in [3.63, 3.8) is 0 Å². The third-order valence-electron chi connectivity index (χ3n) is 6.08. The summed E-state index contributed by atoms with van der Waals surface area (Å²) in [5.41, 5.74) is 1.19. The summed E-state index contributed by atoms with van der Waals surface area (Å²) < 4.78 is 44.8. The van der Waals surface area contributed by atoms with Gasteiger partial charge in [-0.25, -0.2) is 13.2 Å². The molecule has 4 heterocycles. The molecule has 10 heteroatoms. The molecular formula is C24H20F3N5O2. The van der Waals surface area contributed by atoms with Crippen LogP contribution < -0.4 is 10.9 Å². The van der Waals surface area contributed by atoms with Gasteiger partial charge in [0.25, 0.3) is 11.5 Å². The molecule has 1 aromatic carbocycles. The van der Waals surface area contributed by atoms with Crippen molar-refractivity contribution in [2.45, 2.75) is 13.0 Å². The number of carbonyl (C=O) groups is 1. The van der Waals surface area contributed by atoms with Gasteiger partial charge in [-0.15, -0.1) is 0 Å². The molecule has 0 fully saturated rings. The smallest absolute Gasteiger partial charge is 0.275 e. The SMILES string of the molecule is CNC(=O)c1ccc(C2=CCN(Cc3cc4[nH]c(=O)c5c(F)ccn5c4c(F)c3F)CC2)cn1. The van der Waals surface area contributed by atoms with Gasteiger partial charge < -0.3 is 14.7 Å². The van der Waals surface area contributed by atoms with Crippen molar-refractivity contribution in [2.75, 3.05) is 20.1 Å². The molecular weight excluding hydrogens is 447 g/mol. The molecule has 0 aliphatic carbocycles. The highest BCUT2D eigenvalue weighted by atomic mass is 19.2. The molecule has 7 nitrogen and oxygen atoms in total. The van der Waals surface area contributed by atoms with Crippen LogP contribution in [0.5, 0.6) is 0 Å². The number of aromatic nitrogens is 3. The van der Waals surface area contributed by atoms with E-state index in [1.165, 1.54) is 12.3 Å². The topological polar surface area (TPSA) is 82.5 Å². The van der Waals surface area contributed by atoms with Crippen LogP contribution in [0.15, 0.2) is 47.5 Å². The zero-order valence-electron chi connectivity index (χ0n) is 18.2. The van der Waals surface area contributed by atoms with E-state index in [-0.39, 0.29) is 34.6 Å². The molecule has 0 spiro atoms. The number of aromatic amines is 1. The van der Waals surface area contributed by atoms with Crippen LogP contribution in [-0.4, -0.2) is 45.3 Å². The molecule has 0 unspecified atom stereocenters. The number of nitrogens with zero attached hydrogens (tertiary/aromatic N) is 3. The normalized spacial score (nSPS) is 14.5.